The van der Waals surface area contributed by atoms with Crippen molar-refractivity contribution in [1.82, 2.24) is 4.98 Å². The molecule has 6 heteroatoms. The Hall–Kier alpha value is -1.56. The van der Waals surface area contributed by atoms with E-state index in [1.807, 2.05) is 11.0 Å². The van der Waals surface area contributed by atoms with Crippen LogP contribution in [0.25, 0.3) is 11.3 Å². The zero-order valence-electron chi connectivity index (χ0n) is 16.4. The van der Waals surface area contributed by atoms with Gasteiger partial charge >= 0.3 is 6.18 Å². The van der Waals surface area contributed by atoms with Crippen molar-refractivity contribution in [3.63, 3.8) is 0 Å². The van der Waals surface area contributed by atoms with Gasteiger partial charge < -0.3 is 4.90 Å². The van der Waals surface area contributed by atoms with Gasteiger partial charge in [0.25, 0.3) is 0 Å². The number of thiazole rings is 1. The molecule has 148 valence electrons. The summed E-state index contributed by atoms with van der Waals surface area (Å²) in [7, 11) is 0. The first-order valence-electron chi connectivity index (χ1n) is 9.58. The summed E-state index contributed by atoms with van der Waals surface area (Å²) < 4.78 is 41.4. The SMILES string of the molecule is CCCc1sc(C(C)(C)C)nc1-c1ccc(N2CCCC2)c(C(F)(F)F)c1. The van der Waals surface area contributed by atoms with E-state index in [1.165, 1.54) is 6.07 Å². The number of halogens is 3. The predicted octanol–water partition coefficient (Wildman–Crippen LogP) is 6.68. The molecule has 0 spiro atoms. The van der Waals surface area contributed by atoms with Gasteiger partial charge in [0.15, 0.2) is 0 Å². The van der Waals surface area contributed by atoms with Crippen molar-refractivity contribution < 1.29 is 13.2 Å². The maximum absolute atomic E-state index is 13.8. The second-order valence-electron chi connectivity index (χ2n) is 8.21. The first-order valence-corrected chi connectivity index (χ1v) is 10.4. The molecule has 1 aromatic carbocycles. The van der Waals surface area contributed by atoms with Crippen molar-refractivity contribution >= 4 is 17.0 Å². The molecule has 1 aliphatic heterocycles. The fourth-order valence-corrected chi connectivity index (χ4v) is 4.68. The summed E-state index contributed by atoms with van der Waals surface area (Å²) in [5, 5.41) is 0.970. The number of benzene rings is 1. The van der Waals surface area contributed by atoms with Crippen LogP contribution in [-0.2, 0) is 18.0 Å². The molecule has 1 fully saturated rings. The van der Waals surface area contributed by atoms with Crippen LogP contribution in [0.15, 0.2) is 18.2 Å². The largest absolute Gasteiger partial charge is 0.418 e. The van der Waals surface area contributed by atoms with Gasteiger partial charge in [0, 0.05) is 34.6 Å². The van der Waals surface area contributed by atoms with E-state index < -0.39 is 11.7 Å². The number of aryl methyl sites for hydroxylation is 1. The quantitative estimate of drug-likeness (QED) is 0.573. The average Bonchev–Trinajstić information content (AvgIpc) is 3.23. The minimum atomic E-state index is -4.37. The molecular formula is C21H27F3N2S. The van der Waals surface area contributed by atoms with Gasteiger partial charge in [-0.1, -0.05) is 40.2 Å². The van der Waals surface area contributed by atoms with Gasteiger partial charge in [-0.25, -0.2) is 4.98 Å². The van der Waals surface area contributed by atoms with Gasteiger partial charge in [-0.2, -0.15) is 13.2 Å². The molecule has 2 aromatic rings. The molecule has 0 saturated carbocycles. The van der Waals surface area contributed by atoms with Crippen molar-refractivity contribution in [2.45, 2.75) is 65.0 Å². The van der Waals surface area contributed by atoms with Gasteiger partial charge in [-0.3, -0.25) is 0 Å². The lowest BCUT2D eigenvalue weighted by atomic mass is 9.98. The Morgan fingerprint density at radius 3 is 2.33 bits per heavy atom. The molecule has 2 nitrogen and oxygen atoms in total. The monoisotopic (exact) mass is 396 g/mol. The van der Waals surface area contributed by atoms with Crippen LogP contribution in [0.5, 0.6) is 0 Å². The molecule has 1 aliphatic rings. The molecule has 0 bridgehead atoms. The summed E-state index contributed by atoms with van der Waals surface area (Å²) in [4.78, 5) is 7.68. The normalized spacial score (nSPS) is 15.6. The van der Waals surface area contributed by atoms with Crippen LogP contribution in [0, 0.1) is 0 Å². The van der Waals surface area contributed by atoms with E-state index in [0.717, 1.165) is 35.6 Å². The molecule has 0 atom stereocenters. The van der Waals surface area contributed by atoms with E-state index in [2.05, 4.69) is 27.7 Å². The van der Waals surface area contributed by atoms with Crippen molar-refractivity contribution in [3.8, 4) is 11.3 Å². The molecule has 1 aromatic heterocycles. The highest BCUT2D eigenvalue weighted by Crippen LogP contribution is 2.42. The zero-order chi connectivity index (χ0) is 19.8. The van der Waals surface area contributed by atoms with E-state index in [0.29, 0.717) is 30.0 Å². The van der Waals surface area contributed by atoms with Crippen molar-refractivity contribution in [2.24, 2.45) is 0 Å². The first-order chi connectivity index (χ1) is 12.6. The maximum atomic E-state index is 13.8. The van der Waals surface area contributed by atoms with Gasteiger partial charge in [0.1, 0.15) is 0 Å². The minimum absolute atomic E-state index is 0.117. The lowest BCUT2D eigenvalue weighted by Crippen LogP contribution is -2.22. The van der Waals surface area contributed by atoms with Crippen molar-refractivity contribution in [1.29, 1.82) is 0 Å². The standard InChI is InChI=1S/C21H27F3N2S/c1-5-8-17-18(25-19(27-17)20(2,3)4)14-9-10-16(26-11-6-7-12-26)15(13-14)21(22,23)24/h9-10,13H,5-8,11-12H2,1-4H3. The Kier molecular flexibility index (Phi) is 5.57. The first kappa shape index (κ1) is 20.2. The minimum Gasteiger partial charge on any atom is -0.371 e. The predicted molar refractivity (Wildman–Crippen MR) is 107 cm³/mol. The van der Waals surface area contributed by atoms with Crippen LogP contribution in [0.2, 0.25) is 0 Å². The summed E-state index contributed by atoms with van der Waals surface area (Å²) in [6.07, 6.45) is -0.710. The van der Waals surface area contributed by atoms with Crippen LogP contribution < -0.4 is 4.90 Å². The molecular weight excluding hydrogens is 369 g/mol. The second kappa shape index (κ2) is 7.46. The number of hydrogen-bond donors (Lipinski definition) is 0. The average molecular weight is 397 g/mol. The molecule has 3 rings (SSSR count). The van der Waals surface area contributed by atoms with E-state index >= 15 is 0 Å². The number of nitrogens with zero attached hydrogens (tertiary/aromatic N) is 2. The smallest absolute Gasteiger partial charge is 0.371 e. The lowest BCUT2D eigenvalue weighted by molar-refractivity contribution is -0.137. The molecule has 1 saturated heterocycles. The number of alkyl halides is 3. The third-order valence-corrected chi connectivity index (χ3v) is 6.38. The zero-order valence-corrected chi connectivity index (χ0v) is 17.2. The summed E-state index contributed by atoms with van der Waals surface area (Å²) in [6, 6.07) is 4.74. The molecule has 2 heterocycles. The van der Waals surface area contributed by atoms with Crippen molar-refractivity contribution in [2.75, 3.05) is 18.0 Å². The van der Waals surface area contributed by atoms with Crippen LogP contribution in [0.1, 0.15) is 62.4 Å². The van der Waals surface area contributed by atoms with Crippen LogP contribution in [0.3, 0.4) is 0 Å². The molecule has 0 N–H and O–H groups in total. The van der Waals surface area contributed by atoms with Crippen LogP contribution in [0.4, 0.5) is 18.9 Å². The number of anilines is 1. The second-order valence-corrected chi connectivity index (χ2v) is 9.30. The van der Waals surface area contributed by atoms with Crippen LogP contribution in [-0.4, -0.2) is 18.1 Å². The highest BCUT2D eigenvalue weighted by atomic mass is 32.1. The van der Waals surface area contributed by atoms with E-state index in [1.54, 1.807) is 17.4 Å². The van der Waals surface area contributed by atoms with Crippen LogP contribution >= 0.6 is 11.3 Å². The number of hydrogen-bond acceptors (Lipinski definition) is 3. The highest BCUT2D eigenvalue weighted by molar-refractivity contribution is 7.12. The number of rotatable bonds is 4. The Labute approximate surface area is 163 Å². The Morgan fingerprint density at radius 1 is 1.11 bits per heavy atom. The summed E-state index contributed by atoms with van der Waals surface area (Å²) >= 11 is 1.63. The van der Waals surface area contributed by atoms with Gasteiger partial charge in [-0.15, -0.1) is 11.3 Å². The fraction of sp³-hybridized carbons (Fsp3) is 0.571. The van der Waals surface area contributed by atoms with E-state index in [4.69, 9.17) is 4.98 Å². The Morgan fingerprint density at radius 2 is 1.78 bits per heavy atom. The summed E-state index contributed by atoms with van der Waals surface area (Å²) in [5.74, 6) is 0. The van der Waals surface area contributed by atoms with E-state index in [9.17, 15) is 13.2 Å². The van der Waals surface area contributed by atoms with Gasteiger partial charge in [0.2, 0.25) is 0 Å². The van der Waals surface area contributed by atoms with Crippen molar-refractivity contribution in [3.05, 3.63) is 33.6 Å². The lowest BCUT2D eigenvalue weighted by Gasteiger charge is -2.23. The third kappa shape index (κ3) is 4.31. The maximum Gasteiger partial charge on any atom is 0.418 e. The van der Waals surface area contributed by atoms with Gasteiger partial charge in [0.05, 0.1) is 16.3 Å². The Bertz CT molecular complexity index is 797. The summed E-state index contributed by atoms with van der Waals surface area (Å²) in [6.45, 7) is 9.72. The summed E-state index contributed by atoms with van der Waals surface area (Å²) in [5.41, 5.74) is 0.917. The molecule has 0 radical (unpaired) electrons. The highest BCUT2D eigenvalue weighted by Gasteiger charge is 2.36. The molecule has 0 amide bonds. The topological polar surface area (TPSA) is 16.1 Å². The Balaban J connectivity index is 2.10. The molecule has 0 aliphatic carbocycles. The van der Waals surface area contributed by atoms with E-state index in [-0.39, 0.29) is 5.41 Å². The third-order valence-electron chi connectivity index (χ3n) is 4.84. The molecule has 27 heavy (non-hydrogen) atoms. The molecule has 0 unspecified atom stereocenters. The van der Waals surface area contributed by atoms with Gasteiger partial charge in [-0.05, 0) is 31.4 Å². The fourth-order valence-electron chi connectivity index (χ4n) is 3.44. The number of aromatic nitrogens is 1.